The van der Waals surface area contributed by atoms with Crippen molar-refractivity contribution < 1.29 is 0 Å². The second kappa shape index (κ2) is 1.66. The first-order valence-corrected chi connectivity index (χ1v) is 5.05. The highest BCUT2D eigenvalue weighted by atomic mass is 14.9. The first kappa shape index (κ1) is 6.47. The van der Waals surface area contributed by atoms with Crippen LogP contribution in [-0.4, -0.2) is 6.04 Å². The highest BCUT2D eigenvalue weighted by molar-refractivity contribution is 5.20. The van der Waals surface area contributed by atoms with Crippen molar-refractivity contribution in [2.75, 3.05) is 0 Å². The largest absolute Gasteiger partial charge is 0.327 e. The second-order valence-electron chi connectivity index (χ2n) is 4.95. The van der Waals surface area contributed by atoms with E-state index in [0.29, 0.717) is 11.5 Å². The normalized spacial score (nSPS) is 42.8. The fraction of sp³-hybridized carbons (Fsp3) is 1.00. The first-order valence-electron chi connectivity index (χ1n) is 5.05. The lowest BCUT2D eigenvalue weighted by Gasteiger charge is -2.72. The van der Waals surface area contributed by atoms with Crippen LogP contribution in [0.5, 0.6) is 0 Å². The molecule has 3 fully saturated rings. The molecule has 62 valence electrons. The van der Waals surface area contributed by atoms with Gasteiger partial charge in [-0.1, -0.05) is 12.8 Å². The molecule has 0 aromatic rings. The van der Waals surface area contributed by atoms with Crippen molar-refractivity contribution in [1.29, 1.82) is 0 Å². The number of nitrogens with two attached hydrogens (primary N) is 1. The number of fused-ring (bicyclic) bond motifs is 1. The molecule has 11 heavy (non-hydrogen) atoms. The monoisotopic (exact) mass is 151 g/mol. The van der Waals surface area contributed by atoms with Gasteiger partial charge in [0, 0.05) is 6.04 Å². The van der Waals surface area contributed by atoms with Gasteiger partial charge in [-0.05, 0) is 42.9 Å². The predicted molar refractivity (Wildman–Crippen MR) is 45.2 cm³/mol. The Hall–Kier alpha value is -0.0400. The van der Waals surface area contributed by atoms with E-state index in [0.717, 1.165) is 5.41 Å². The van der Waals surface area contributed by atoms with Gasteiger partial charge in [-0.3, -0.25) is 0 Å². The Morgan fingerprint density at radius 1 is 1.00 bits per heavy atom. The Bertz CT molecular complexity index is 189. The molecule has 0 heterocycles. The summed E-state index contributed by atoms with van der Waals surface area (Å²) in [4.78, 5) is 0. The molecule has 1 nitrogen and oxygen atoms in total. The van der Waals surface area contributed by atoms with Gasteiger partial charge in [-0.15, -0.1) is 0 Å². The van der Waals surface area contributed by atoms with Crippen molar-refractivity contribution in [2.45, 2.75) is 51.0 Å². The van der Waals surface area contributed by atoms with E-state index < -0.39 is 0 Å². The first-order chi connectivity index (χ1) is 5.29. The maximum Gasteiger partial charge on any atom is 0.0106 e. The third-order valence-electron chi connectivity index (χ3n) is 4.93. The molecule has 3 aliphatic carbocycles. The zero-order valence-electron chi connectivity index (χ0n) is 7.10. The van der Waals surface area contributed by atoms with Gasteiger partial charge >= 0.3 is 0 Å². The van der Waals surface area contributed by atoms with E-state index in [2.05, 4.69) is 0 Å². The molecular weight excluding hydrogens is 134 g/mol. The Labute approximate surface area is 68.3 Å². The summed E-state index contributed by atoms with van der Waals surface area (Å²) in [5.74, 6) is 0. The van der Waals surface area contributed by atoms with Gasteiger partial charge in [0.2, 0.25) is 0 Å². The molecule has 0 bridgehead atoms. The topological polar surface area (TPSA) is 26.0 Å². The summed E-state index contributed by atoms with van der Waals surface area (Å²) in [7, 11) is 0. The molecule has 0 aromatic heterocycles. The fourth-order valence-corrected chi connectivity index (χ4v) is 3.85. The fourth-order valence-electron chi connectivity index (χ4n) is 3.85. The SMILES string of the molecule is NC1CC2(CCC2)C12CCC2. The van der Waals surface area contributed by atoms with Crippen LogP contribution < -0.4 is 5.73 Å². The Kier molecular flexibility index (Phi) is 0.976. The molecule has 3 saturated carbocycles. The van der Waals surface area contributed by atoms with Gasteiger partial charge in [0.1, 0.15) is 0 Å². The summed E-state index contributed by atoms with van der Waals surface area (Å²) in [5, 5.41) is 0. The number of rotatable bonds is 0. The van der Waals surface area contributed by atoms with Gasteiger partial charge in [0.25, 0.3) is 0 Å². The third kappa shape index (κ3) is 0.488. The van der Waals surface area contributed by atoms with Gasteiger partial charge in [-0.25, -0.2) is 0 Å². The molecule has 0 aromatic carbocycles. The van der Waals surface area contributed by atoms with Gasteiger partial charge in [-0.2, -0.15) is 0 Å². The van der Waals surface area contributed by atoms with Crippen LogP contribution in [0, 0.1) is 10.8 Å². The Morgan fingerprint density at radius 2 is 1.64 bits per heavy atom. The van der Waals surface area contributed by atoms with Crippen LogP contribution in [0.4, 0.5) is 0 Å². The van der Waals surface area contributed by atoms with Crippen LogP contribution in [0.25, 0.3) is 0 Å². The average Bonchev–Trinajstić information content (AvgIpc) is 1.73. The number of hydrogen-bond acceptors (Lipinski definition) is 1. The summed E-state index contributed by atoms with van der Waals surface area (Å²) in [6.07, 6.45) is 10.2. The predicted octanol–water partition coefficient (Wildman–Crippen LogP) is 2.06. The average molecular weight is 151 g/mol. The second-order valence-corrected chi connectivity index (χ2v) is 4.95. The highest BCUT2D eigenvalue weighted by Gasteiger charge is 2.67. The van der Waals surface area contributed by atoms with E-state index in [1.807, 2.05) is 0 Å². The van der Waals surface area contributed by atoms with Crippen LogP contribution in [0.2, 0.25) is 0 Å². The van der Waals surface area contributed by atoms with Crippen molar-refractivity contribution in [3.63, 3.8) is 0 Å². The minimum Gasteiger partial charge on any atom is -0.327 e. The van der Waals surface area contributed by atoms with Crippen molar-refractivity contribution in [1.82, 2.24) is 0 Å². The van der Waals surface area contributed by atoms with Crippen LogP contribution >= 0.6 is 0 Å². The lowest BCUT2D eigenvalue weighted by Crippen LogP contribution is -2.70. The maximum absolute atomic E-state index is 6.10. The van der Waals surface area contributed by atoms with E-state index in [9.17, 15) is 0 Å². The van der Waals surface area contributed by atoms with E-state index in [1.165, 1.54) is 44.9 Å². The molecule has 3 aliphatic rings. The molecule has 0 saturated heterocycles. The minimum atomic E-state index is 0.580. The molecular formula is C10H17N. The van der Waals surface area contributed by atoms with Crippen molar-refractivity contribution >= 4 is 0 Å². The van der Waals surface area contributed by atoms with Crippen LogP contribution in [0.3, 0.4) is 0 Å². The molecule has 3 rings (SSSR count). The molecule has 2 N–H and O–H groups in total. The molecule has 2 spiro atoms. The lowest BCUT2D eigenvalue weighted by molar-refractivity contribution is -0.201. The van der Waals surface area contributed by atoms with Gasteiger partial charge in [0.15, 0.2) is 0 Å². The van der Waals surface area contributed by atoms with Crippen molar-refractivity contribution in [2.24, 2.45) is 16.6 Å². The van der Waals surface area contributed by atoms with E-state index in [4.69, 9.17) is 5.73 Å². The zero-order chi connectivity index (χ0) is 7.53. The number of hydrogen-bond donors (Lipinski definition) is 1. The summed E-state index contributed by atoms with van der Waals surface area (Å²) in [5.41, 5.74) is 7.56. The Balaban J connectivity index is 1.88. The van der Waals surface area contributed by atoms with Crippen molar-refractivity contribution in [3.8, 4) is 0 Å². The van der Waals surface area contributed by atoms with E-state index >= 15 is 0 Å². The minimum absolute atomic E-state index is 0.580. The summed E-state index contributed by atoms with van der Waals surface area (Å²) < 4.78 is 0. The molecule has 0 aliphatic heterocycles. The van der Waals surface area contributed by atoms with E-state index in [-0.39, 0.29) is 0 Å². The quantitative estimate of drug-likeness (QED) is 0.563. The van der Waals surface area contributed by atoms with Crippen molar-refractivity contribution in [3.05, 3.63) is 0 Å². The molecule has 1 atom stereocenters. The molecule has 0 radical (unpaired) electrons. The third-order valence-corrected chi connectivity index (χ3v) is 4.93. The smallest absolute Gasteiger partial charge is 0.0106 e. The molecule has 0 amide bonds. The standard InChI is InChI=1S/C10H17N/c11-8-7-9(3-1-4-9)10(8)5-2-6-10/h8H,1-7,11H2. The maximum atomic E-state index is 6.10. The van der Waals surface area contributed by atoms with Crippen LogP contribution in [0.1, 0.15) is 44.9 Å². The van der Waals surface area contributed by atoms with Crippen LogP contribution in [-0.2, 0) is 0 Å². The zero-order valence-corrected chi connectivity index (χ0v) is 7.10. The van der Waals surface area contributed by atoms with E-state index in [1.54, 1.807) is 0 Å². The van der Waals surface area contributed by atoms with Gasteiger partial charge < -0.3 is 5.73 Å². The summed E-state index contributed by atoms with van der Waals surface area (Å²) in [6, 6.07) is 0.580. The van der Waals surface area contributed by atoms with Gasteiger partial charge in [0.05, 0.1) is 0 Å². The molecule has 1 heteroatoms. The van der Waals surface area contributed by atoms with Crippen LogP contribution in [0.15, 0.2) is 0 Å². The summed E-state index contributed by atoms with van der Waals surface area (Å²) in [6.45, 7) is 0. The highest BCUT2D eigenvalue weighted by Crippen LogP contribution is 2.73. The lowest BCUT2D eigenvalue weighted by atomic mass is 9.34. The Morgan fingerprint density at radius 3 is 1.82 bits per heavy atom. The molecule has 1 unspecified atom stereocenters. The summed E-state index contributed by atoms with van der Waals surface area (Å²) >= 11 is 0.